The molecule has 1 aliphatic heterocycles. The van der Waals surface area contributed by atoms with Crippen LogP contribution >= 0.6 is 0 Å². The van der Waals surface area contributed by atoms with E-state index in [9.17, 15) is 0 Å². The first-order valence-corrected chi connectivity index (χ1v) is 9.27. The molecule has 7 heteroatoms. The molecule has 0 saturated carbocycles. The summed E-state index contributed by atoms with van der Waals surface area (Å²) in [7, 11) is 4.12. The Hall–Kier alpha value is -2.48. The fraction of sp³-hybridized carbons (Fsp3) is 0.400. The molecule has 3 heterocycles. The number of morpholine rings is 1. The molecule has 27 heavy (non-hydrogen) atoms. The number of nitrogens with zero attached hydrogens (tertiary/aromatic N) is 5. The molecule has 0 aliphatic carbocycles. The van der Waals surface area contributed by atoms with Crippen LogP contribution in [-0.4, -0.2) is 53.3 Å². The number of hydrogen-bond acceptors (Lipinski definition) is 6. The monoisotopic (exact) mass is 366 g/mol. The summed E-state index contributed by atoms with van der Waals surface area (Å²) in [6.45, 7) is 3.58. The lowest BCUT2D eigenvalue weighted by atomic mass is 10.0. The van der Waals surface area contributed by atoms with Gasteiger partial charge in [-0.2, -0.15) is 0 Å². The van der Waals surface area contributed by atoms with Crippen molar-refractivity contribution in [2.45, 2.75) is 19.2 Å². The number of hydrogen-bond donors (Lipinski definition) is 1. The number of ether oxygens (including phenoxy) is 1. The van der Waals surface area contributed by atoms with E-state index in [1.807, 2.05) is 22.8 Å². The average Bonchev–Trinajstić information content (AvgIpc) is 3.08. The van der Waals surface area contributed by atoms with Gasteiger partial charge in [0, 0.05) is 25.8 Å². The fourth-order valence-corrected chi connectivity index (χ4v) is 3.50. The van der Waals surface area contributed by atoms with Crippen molar-refractivity contribution in [3.8, 4) is 0 Å². The third-order valence-electron chi connectivity index (χ3n) is 4.80. The van der Waals surface area contributed by atoms with Crippen molar-refractivity contribution in [1.29, 1.82) is 0 Å². The zero-order chi connectivity index (χ0) is 18.8. The van der Waals surface area contributed by atoms with Crippen LogP contribution in [0.4, 0.5) is 5.95 Å². The number of rotatable bonds is 5. The maximum Gasteiger partial charge on any atom is 0.243 e. The van der Waals surface area contributed by atoms with Crippen molar-refractivity contribution in [3.63, 3.8) is 0 Å². The van der Waals surface area contributed by atoms with E-state index < -0.39 is 0 Å². The van der Waals surface area contributed by atoms with Crippen LogP contribution in [-0.2, 0) is 17.8 Å². The lowest BCUT2D eigenvalue weighted by Crippen LogP contribution is -2.39. The molecule has 1 aliphatic rings. The summed E-state index contributed by atoms with van der Waals surface area (Å²) in [4.78, 5) is 8.92. The number of anilines is 1. The largest absolute Gasteiger partial charge is 0.370 e. The molecule has 1 fully saturated rings. The van der Waals surface area contributed by atoms with Crippen LogP contribution in [0.15, 0.2) is 42.7 Å². The highest BCUT2D eigenvalue weighted by molar-refractivity contribution is 5.49. The van der Waals surface area contributed by atoms with Gasteiger partial charge >= 0.3 is 0 Å². The van der Waals surface area contributed by atoms with Crippen molar-refractivity contribution < 1.29 is 4.74 Å². The minimum absolute atomic E-state index is 0.00138. The zero-order valence-corrected chi connectivity index (χ0v) is 15.9. The minimum atomic E-state index is -0.00138. The maximum atomic E-state index is 6.00. The number of nitrogens with two attached hydrogens (primary N) is 1. The Morgan fingerprint density at radius 1 is 1.26 bits per heavy atom. The van der Waals surface area contributed by atoms with Crippen molar-refractivity contribution in [1.82, 2.24) is 19.5 Å². The fourth-order valence-electron chi connectivity index (χ4n) is 3.50. The quantitative estimate of drug-likeness (QED) is 0.743. The van der Waals surface area contributed by atoms with Gasteiger partial charge in [0.05, 0.1) is 24.9 Å². The van der Waals surface area contributed by atoms with Gasteiger partial charge in [0.25, 0.3) is 0 Å². The predicted molar refractivity (Wildman–Crippen MR) is 106 cm³/mol. The molecule has 0 bridgehead atoms. The van der Waals surface area contributed by atoms with E-state index >= 15 is 0 Å². The van der Waals surface area contributed by atoms with Gasteiger partial charge in [0.15, 0.2) is 0 Å². The normalized spacial score (nSPS) is 17.8. The topological polar surface area (TPSA) is 71.9 Å². The molecule has 0 spiro atoms. The first-order chi connectivity index (χ1) is 13.1. The van der Waals surface area contributed by atoms with Crippen LogP contribution in [0.1, 0.15) is 22.8 Å². The molecule has 1 unspecified atom stereocenters. The van der Waals surface area contributed by atoms with Crippen molar-refractivity contribution >= 4 is 11.5 Å². The van der Waals surface area contributed by atoms with E-state index in [-0.39, 0.29) is 6.10 Å². The van der Waals surface area contributed by atoms with E-state index in [1.165, 1.54) is 5.56 Å². The van der Waals surface area contributed by atoms with E-state index in [0.29, 0.717) is 13.2 Å². The second-order valence-corrected chi connectivity index (χ2v) is 7.27. The highest BCUT2D eigenvalue weighted by Gasteiger charge is 2.24. The molecule has 7 nitrogen and oxygen atoms in total. The predicted octanol–water partition coefficient (Wildman–Crippen LogP) is 1.83. The summed E-state index contributed by atoms with van der Waals surface area (Å²) >= 11 is 0. The molecule has 1 atom stereocenters. The molecular formula is C20H26N6O. The molecule has 0 radical (unpaired) electrons. The van der Waals surface area contributed by atoms with Gasteiger partial charge in [0.2, 0.25) is 5.95 Å². The van der Waals surface area contributed by atoms with E-state index in [0.717, 1.165) is 42.2 Å². The Bertz CT molecular complexity index is 922. The van der Waals surface area contributed by atoms with Gasteiger partial charge in [-0.3, -0.25) is 0 Å². The molecule has 2 aromatic heterocycles. The Labute approximate surface area is 159 Å². The molecule has 0 amide bonds. The first kappa shape index (κ1) is 17.9. The van der Waals surface area contributed by atoms with Crippen molar-refractivity contribution in [3.05, 3.63) is 59.4 Å². The Morgan fingerprint density at radius 2 is 2.15 bits per heavy atom. The molecule has 3 aromatic rings. The summed E-state index contributed by atoms with van der Waals surface area (Å²) in [6, 6.07) is 10.4. The van der Waals surface area contributed by atoms with Crippen molar-refractivity contribution in [2.24, 2.45) is 5.73 Å². The third-order valence-corrected chi connectivity index (χ3v) is 4.80. The SMILES string of the molecule is CN(C)Cc1cc2cnc(N3CCOC(c4cccc(CN)c4)C3)nn2c1. The van der Waals surface area contributed by atoms with Gasteiger partial charge in [-0.25, -0.2) is 9.50 Å². The Morgan fingerprint density at radius 3 is 2.96 bits per heavy atom. The van der Waals surface area contributed by atoms with Gasteiger partial charge in [-0.05, 0) is 36.9 Å². The summed E-state index contributed by atoms with van der Waals surface area (Å²) < 4.78 is 7.92. The summed E-state index contributed by atoms with van der Waals surface area (Å²) in [5.74, 6) is 0.734. The summed E-state index contributed by atoms with van der Waals surface area (Å²) in [5.41, 5.74) is 10.3. The molecule has 4 rings (SSSR count). The molecular weight excluding hydrogens is 340 g/mol. The summed E-state index contributed by atoms with van der Waals surface area (Å²) in [6.07, 6.45) is 3.96. The van der Waals surface area contributed by atoms with Gasteiger partial charge in [0.1, 0.15) is 6.10 Å². The van der Waals surface area contributed by atoms with Crippen LogP contribution < -0.4 is 10.6 Å². The van der Waals surface area contributed by atoms with Crippen LogP contribution in [0.3, 0.4) is 0 Å². The highest BCUT2D eigenvalue weighted by atomic mass is 16.5. The lowest BCUT2D eigenvalue weighted by Gasteiger charge is -2.33. The van der Waals surface area contributed by atoms with E-state index in [1.54, 1.807) is 0 Å². The van der Waals surface area contributed by atoms with Crippen LogP contribution in [0.2, 0.25) is 0 Å². The standard InChI is InChI=1S/C20H26N6O/c1-24(2)12-16-9-18-11-22-20(23-26(18)13-16)25-6-7-27-19(14-25)17-5-3-4-15(8-17)10-21/h3-5,8-9,11,13,19H,6-7,10,12,14,21H2,1-2H3. The van der Waals surface area contributed by atoms with E-state index in [2.05, 4.69) is 53.3 Å². The number of benzene rings is 1. The smallest absolute Gasteiger partial charge is 0.243 e. The molecule has 2 N–H and O–H groups in total. The summed E-state index contributed by atoms with van der Waals surface area (Å²) in [5, 5.41) is 4.73. The van der Waals surface area contributed by atoms with Crippen LogP contribution in [0.25, 0.3) is 5.52 Å². The van der Waals surface area contributed by atoms with Crippen molar-refractivity contribution in [2.75, 3.05) is 38.7 Å². The second kappa shape index (κ2) is 7.64. The molecule has 1 aromatic carbocycles. The molecule has 1 saturated heterocycles. The van der Waals surface area contributed by atoms with Crippen LogP contribution in [0.5, 0.6) is 0 Å². The third kappa shape index (κ3) is 3.95. The Kier molecular flexibility index (Phi) is 5.07. The van der Waals surface area contributed by atoms with Gasteiger partial charge in [-0.15, -0.1) is 5.10 Å². The number of fused-ring (bicyclic) bond motifs is 1. The number of aromatic nitrogens is 3. The second-order valence-electron chi connectivity index (χ2n) is 7.27. The lowest BCUT2D eigenvalue weighted by molar-refractivity contribution is 0.0391. The maximum absolute atomic E-state index is 6.00. The van der Waals surface area contributed by atoms with Gasteiger partial charge in [-0.1, -0.05) is 24.3 Å². The van der Waals surface area contributed by atoms with E-state index in [4.69, 9.17) is 15.6 Å². The minimum Gasteiger partial charge on any atom is -0.370 e. The highest BCUT2D eigenvalue weighted by Crippen LogP contribution is 2.25. The zero-order valence-electron chi connectivity index (χ0n) is 15.9. The molecule has 142 valence electrons. The Balaban J connectivity index is 1.55. The van der Waals surface area contributed by atoms with Crippen LogP contribution in [0, 0.1) is 0 Å². The first-order valence-electron chi connectivity index (χ1n) is 9.27. The van der Waals surface area contributed by atoms with Gasteiger partial charge < -0.3 is 20.3 Å². The average molecular weight is 366 g/mol.